The van der Waals surface area contributed by atoms with Gasteiger partial charge in [0.15, 0.2) is 0 Å². The van der Waals surface area contributed by atoms with Crippen LogP contribution in [0.25, 0.3) is 6.08 Å². The molecule has 4 nitrogen and oxygen atoms in total. The number of hydrogen-bond donors (Lipinski definition) is 1. The second kappa shape index (κ2) is 11.3. The molecule has 0 radical (unpaired) electrons. The Hall–Kier alpha value is -3.62. The highest BCUT2D eigenvalue weighted by atomic mass is 35.5. The van der Waals surface area contributed by atoms with E-state index in [2.05, 4.69) is 5.32 Å². The highest BCUT2D eigenvalue weighted by Crippen LogP contribution is 2.32. The first-order valence-corrected chi connectivity index (χ1v) is 11.0. The lowest BCUT2D eigenvalue weighted by Crippen LogP contribution is -2.14. The van der Waals surface area contributed by atoms with Gasteiger partial charge < -0.3 is 10.1 Å². The first-order chi connectivity index (χ1) is 15.9. The summed E-state index contributed by atoms with van der Waals surface area (Å²) in [6, 6.07) is 19.1. The zero-order chi connectivity index (χ0) is 23.8. The van der Waals surface area contributed by atoms with Crippen LogP contribution in [-0.2, 0) is 17.6 Å². The Labute approximate surface area is 198 Å². The molecule has 168 valence electrons. The number of hydrogen-bond acceptors (Lipinski definition) is 3. The normalized spacial score (nSPS) is 11.1. The topological polar surface area (TPSA) is 62.1 Å². The molecule has 6 heteroatoms. The van der Waals surface area contributed by atoms with E-state index in [1.165, 1.54) is 18.2 Å². The maximum atomic E-state index is 13.6. The van der Waals surface area contributed by atoms with E-state index in [-0.39, 0.29) is 11.4 Å². The smallest absolute Gasteiger partial charge is 0.266 e. The molecule has 0 heterocycles. The standard InChI is InChI=1S/C27H24ClFN2O2/c1-3-20-9-5-6-11-25(20)31-27(32)21(17-30)12-19-15-24(28)23(26(16-19)33-4-2)14-18-8-7-10-22(29)13-18/h5-13,15-16H,3-4,14H2,1-2H3,(H,31,32)/b21-12+. The maximum absolute atomic E-state index is 13.6. The quantitative estimate of drug-likeness (QED) is 0.304. The minimum absolute atomic E-state index is 0.0581. The van der Waals surface area contributed by atoms with Crippen LogP contribution in [0.1, 0.15) is 36.1 Å². The predicted octanol–water partition coefficient (Wildman–Crippen LogP) is 6.58. The molecule has 0 aliphatic rings. The van der Waals surface area contributed by atoms with Gasteiger partial charge in [-0.2, -0.15) is 5.26 Å². The minimum atomic E-state index is -0.503. The van der Waals surface area contributed by atoms with Crippen LogP contribution in [0.15, 0.2) is 66.2 Å². The summed E-state index contributed by atoms with van der Waals surface area (Å²) in [5.74, 6) is -0.304. The summed E-state index contributed by atoms with van der Waals surface area (Å²) in [7, 11) is 0. The van der Waals surface area contributed by atoms with Crippen LogP contribution < -0.4 is 10.1 Å². The average molecular weight is 463 g/mol. The molecular formula is C27H24ClFN2O2. The number of aryl methyl sites for hydroxylation is 1. The molecule has 33 heavy (non-hydrogen) atoms. The summed E-state index contributed by atoms with van der Waals surface area (Å²) in [6.07, 6.45) is 2.61. The van der Waals surface area contributed by atoms with Crippen LogP contribution in [0.5, 0.6) is 5.75 Å². The fourth-order valence-electron chi connectivity index (χ4n) is 3.48. The van der Waals surface area contributed by atoms with Crippen molar-refractivity contribution in [3.8, 4) is 11.8 Å². The van der Waals surface area contributed by atoms with Crippen LogP contribution in [-0.4, -0.2) is 12.5 Å². The zero-order valence-electron chi connectivity index (χ0n) is 18.5. The summed E-state index contributed by atoms with van der Waals surface area (Å²) < 4.78 is 19.4. The fraction of sp³-hybridized carbons (Fsp3) is 0.185. The molecule has 0 bridgehead atoms. The van der Waals surface area contributed by atoms with Crippen molar-refractivity contribution in [2.24, 2.45) is 0 Å². The highest BCUT2D eigenvalue weighted by molar-refractivity contribution is 6.31. The summed E-state index contributed by atoms with van der Waals surface area (Å²) in [5.41, 5.74) is 3.62. The highest BCUT2D eigenvalue weighted by Gasteiger charge is 2.15. The molecule has 0 saturated carbocycles. The van der Waals surface area contributed by atoms with Gasteiger partial charge in [-0.1, -0.05) is 48.9 Å². The number of carbonyl (C=O) groups is 1. The van der Waals surface area contributed by atoms with Gasteiger partial charge in [0.1, 0.15) is 23.2 Å². The van der Waals surface area contributed by atoms with Crippen molar-refractivity contribution >= 4 is 29.3 Å². The van der Waals surface area contributed by atoms with Gasteiger partial charge in [0.2, 0.25) is 0 Å². The Morgan fingerprint density at radius 3 is 2.64 bits per heavy atom. The second-order valence-electron chi connectivity index (χ2n) is 7.35. The van der Waals surface area contributed by atoms with E-state index in [0.29, 0.717) is 40.6 Å². The molecule has 0 aliphatic carbocycles. The maximum Gasteiger partial charge on any atom is 0.266 e. The fourth-order valence-corrected chi connectivity index (χ4v) is 3.76. The van der Waals surface area contributed by atoms with Crippen LogP contribution in [0.2, 0.25) is 5.02 Å². The molecule has 3 rings (SSSR count). The third-order valence-electron chi connectivity index (χ3n) is 5.07. The number of nitriles is 1. The van der Waals surface area contributed by atoms with E-state index < -0.39 is 5.91 Å². The number of ether oxygens (including phenoxy) is 1. The number of halogens is 2. The molecule has 0 atom stereocenters. The molecule has 3 aromatic carbocycles. The van der Waals surface area contributed by atoms with Crippen molar-refractivity contribution in [1.82, 2.24) is 0 Å². The lowest BCUT2D eigenvalue weighted by Gasteiger charge is -2.14. The van der Waals surface area contributed by atoms with E-state index in [1.807, 2.05) is 44.2 Å². The van der Waals surface area contributed by atoms with E-state index in [0.717, 1.165) is 17.5 Å². The van der Waals surface area contributed by atoms with Gasteiger partial charge in [-0.3, -0.25) is 4.79 Å². The van der Waals surface area contributed by atoms with E-state index in [1.54, 1.807) is 24.3 Å². The first kappa shape index (κ1) is 24.0. The molecule has 1 N–H and O–H groups in total. The number of carbonyl (C=O) groups excluding carboxylic acids is 1. The molecule has 0 aliphatic heterocycles. The number of benzene rings is 3. The van der Waals surface area contributed by atoms with Crippen molar-refractivity contribution in [3.63, 3.8) is 0 Å². The van der Waals surface area contributed by atoms with E-state index in [4.69, 9.17) is 16.3 Å². The van der Waals surface area contributed by atoms with Gasteiger partial charge in [-0.15, -0.1) is 0 Å². The Bertz CT molecular complexity index is 1230. The van der Waals surface area contributed by atoms with E-state index in [9.17, 15) is 14.4 Å². The predicted molar refractivity (Wildman–Crippen MR) is 130 cm³/mol. The number of amides is 1. The number of rotatable bonds is 8. The zero-order valence-corrected chi connectivity index (χ0v) is 19.2. The van der Waals surface area contributed by atoms with Gasteiger partial charge >= 0.3 is 0 Å². The number of nitrogens with zero attached hydrogens (tertiary/aromatic N) is 1. The van der Waals surface area contributed by atoms with Crippen molar-refractivity contribution in [2.75, 3.05) is 11.9 Å². The summed E-state index contributed by atoms with van der Waals surface area (Å²) in [4.78, 5) is 12.8. The Morgan fingerprint density at radius 1 is 1.15 bits per heavy atom. The van der Waals surface area contributed by atoms with Crippen molar-refractivity contribution in [1.29, 1.82) is 5.26 Å². The largest absolute Gasteiger partial charge is 0.494 e. The molecule has 3 aromatic rings. The van der Waals surface area contributed by atoms with Crippen LogP contribution in [0.4, 0.5) is 10.1 Å². The third kappa shape index (κ3) is 6.21. The molecule has 0 spiro atoms. The van der Waals surface area contributed by atoms with Crippen molar-refractivity contribution in [2.45, 2.75) is 26.7 Å². The molecule has 0 unspecified atom stereocenters. The van der Waals surface area contributed by atoms with Gasteiger partial charge in [0, 0.05) is 22.7 Å². The lowest BCUT2D eigenvalue weighted by atomic mass is 10.0. The Kier molecular flexibility index (Phi) is 8.23. The number of nitrogens with one attached hydrogen (secondary N) is 1. The third-order valence-corrected chi connectivity index (χ3v) is 5.41. The lowest BCUT2D eigenvalue weighted by molar-refractivity contribution is -0.112. The van der Waals surface area contributed by atoms with Crippen LogP contribution >= 0.6 is 11.6 Å². The first-order valence-electron chi connectivity index (χ1n) is 10.7. The summed E-state index contributed by atoms with van der Waals surface area (Å²) in [5, 5.41) is 12.8. The molecule has 0 aromatic heterocycles. The Balaban J connectivity index is 1.92. The Morgan fingerprint density at radius 2 is 1.94 bits per heavy atom. The van der Waals surface area contributed by atoms with Gasteiger partial charge in [0.25, 0.3) is 5.91 Å². The van der Waals surface area contributed by atoms with Gasteiger partial charge in [-0.05, 0) is 66.4 Å². The number of para-hydroxylation sites is 1. The molecule has 0 saturated heterocycles. The summed E-state index contributed by atoms with van der Waals surface area (Å²) in [6.45, 7) is 4.25. The average Bonchev–Trinajstić information content (AvgIpc) is 2.80. The van der Waals surface area contributed by atoms with Crippen molar-refractivity contribution in [3.05, 3.63) is 99.3 Å². The van der Waals surface area contributed by atoms with Gasteiger partial charge in [-0.25, -0.2) is 4.39 Å². The SMILES string of the molecule is CCOc1cc(/C=C(\C#N)C(=O)Nc2ccccc2CC)cc(Cl)c1Cc1cccc(F)c1. The minimum Gasteiger partial charge on any atom is -0.494 e. The van der Waals surface area contributed by atoms with Crippen molar-refractivity contribution < 1.29 is 13.9 Å². The second-order valence-corrected chi connectivity index (χ2v) is 7.76. The molecular weight excluding hydrogens is 439 g/mol. The van der Waals surface area contributed by atoms with Crippen LogP contribution in [0.3, 0.4) is 0 Å². The summed E-state index contributed by atoms with van der Waals surface area (Å²) >= 11 is 6.55. The molecule has 1 amide bonds. The molecule has 0 fully saturated rings. The van der Waals surface area contributed by atoms with Crippen LogP contribution in [0, 0.1) is 17.1 Å². The van der Waals surface area contributed by atoms with Gasteiger partial charge in [0.05, 0.1) is 6.61 Å². The number of anilines is 1. The monoisotopic (exact) mass is 462 g/mol. The van der Waals surface area contributed by atoms with E-state index >= 15 is 0 Å².